The Hall–Kier alpha value is -2.34. The average Bonchev–Trinajstić information content (AvgIpc) is 3.06. The van der Waals surface area contributed by atoms with E-state index in [4.69, 9.17) is 0 Å². The van der Waals surface area contributed by atoms with Crippen LogP contribution in [0.1, 0.15) is 25.8 Å². The smallest absolute Gasteiger partial charge is 0.315 e. The average molecular weight is 316 g/mol. The molecule has 0 saturated carbocycles. The fourth-order valence-corrected chi connectivity index (χ4v) is 2.36. The third-order valence-corrected chi connectivity index (χ3v) is 3.50. The van der Waals surface area contributed by atoms with Gasteiger partial charge in [0.05, 0.1) is 19.0 Å². The number of urea groups is 1. The topological polar surface area (TPSA) is 79.2 Å². The molecule has 0 saturated heterocycles. The van der Waals surface area contributed by atoms with Crippen molar-refractivity contribution < 1.29 is 9.90 Å². The number of imidazole rings is 1. The van der Waals surface area contributed by atoms with E-state index >= 15 is 0 Å². The van der Waals surface area contributed by atoms with Gasteiger partial charge in [0.1, 0.15) is 0 Å². The molecule has 1 aromatic carbocycles. The molecule has 2 amide bonds. The first kappa shape index (κ1) is 17.0. The first-order chi connectivity index (χ1) is 11.1. The highest BCUT2D eigenvalue weighted by atomic mass is 16.3. The number of nitrogens with zero attached hydrogens (tertiary/aromatic N) is 2. The van der Waals surface area contributed by atoms with E-state index in [-0.39, 0.29) is 18.7 Å². The Morgan fingerprint density at radius 2 is 2.04 bits per heavy atom. The first-order valence-electron chi connectivity index (χ1n) is 7.81. The van der Waals surface area contributed by atoms with E-state index in [1.54, 1.807) is 12.5 Å². The lowest BCUT2D eigenvalue weighted by molar-refractivity contribution is 0.206. The van der Waals surface area contributed by atoms with Gasteiger partial charge in [-0.3, -0.25) is 0 Å². The van der Waals surface area contributed by atoms with Gasteiger partial charge in [-0.15, -0.1) is 0 Å². The van der Waals surface area contributed by atoms with Crippen molar-refractivity contribution in [3.05, 3.63) is 48.5 Å². The number of aliphatic hydroxyl groups excluding tert-OH is 1. The summed E-state index contributed by atoms with van der Waals surface area (Å²) in [4.78, 5) is 15.9. The summed E-state index contributed by atoms with van der Waals surface area (Å²) in [6, 6.07) is 7.42. The summed E-state index contributed by atoms with van der Waals surface area (Å²) in [5.41, 5.74) is 2.03. The van der Waals surface area contributed by atoms with E-state index in [9.17, 15) is 9.90 Å². The number of carbonyl (C=O) groups excluding carboxylic acids is 1. The molecule has 0 aliphatic rings. The number of aromatic nitrogens is 2. The number of aliphatic hydroxyl groups is 1. The van der Waals surface area contributed by atoms with Crippen LogP contribution in [0.15, 0.2) is 43.0 Å². The quantitative estimate of drug-likeness (QED) is 0.732. The summed E-state index contributed by atoms with van der Waals surface area (Å²) in [5.74, 6) is 0.420. The van der Waals surface area contributed by atoms with Gasteiger partial charge in [0.2, 0.25) is 0 Å². The van der Waals surface area contributed by atoms with Crippen molar-refractivity contribution in [1.29, 1.82) is 0 Å². The van der Waals surface area contributed by atoms with Crippen molar-refractivity contribution in [3.63, 3.8) is 0 Å². The molecular formula is C17H24N4O2. The number of hydrogen-bond donors (Lipinski definition) is 3. The SMILES string of the molecule is CC(C)CC(CO)NC(=O)NCc1ccc(-n2ccnc2)cc1. The van der Waals surface area contributed by atoms with Crippen LogP contribution in [0.4, 0.5) is 4.79 Å². The van der Waals surface area contributed by atoms with Gasteiger partial charge >= 0.3 is 6.03 Å². The summed E-state index contributed by atoms with van der Waals surface area (Å²) in [6.07, 6.45) is 6.10. The maximum Gasteiger partial charge on any atom is 0.315 e. The maximum absolute atomic E-state index is 11.9. The Kier molecular flexibility index (Phi) is 6.17. The zero-order valence-electron chi connectivity index (χ0n) is 13.6. The van der Waals surface area contributed by atoms with E-state index in [2.05, 4.69) is 29.5 Å². The molecule has 0 bridgehead atoms. The molecule has 1 atom stereocenters. The van der Waals surface area contributed by atoms with Crippen molar-refractivity contribution in [2.75, 3.05) is 6.61 Å². The lowest BCUT2D eigenvalue weighted by atomic mass is 10.0. The first-order valence-corrected chi connectivity index (χ1v) is 7.81. The normalized spacial score (nSPS) is 12.2. The lowest BCUT2D eigenvalue weighted by Crippen LogP contribution is -2.44. The van der Waals surface area contributed by atoms with Crippen LogP contribution in [-0.2, 0) is 6.54 Å². The Balaban J connectivity index is 1.82. The molecule has 0 aliphatic carbocycles. The summed E-state index contributed by atoms with van der Waals surface area (Å²) in [6.45, 7) is 4.51. The molecule has 23 heavy (non-hydrogen) atoms. The van der Waals surface area contributed by atoms with Crippen LogP contribution in [-0.4, -0.2) is 33.3 Å². The maximum atomic E-state index is 11.9. The van der Waals surface area contributed by atoms with Gasteiger partial charge in [-0.1, -0.05) is 26.0 Å². The molecule has 0 aliphatic heterocycles. The number of rotatable bonds is 7. The number of benzene rings is 1. The molecule has 0 fully saturated rings. The summed E-state index contributed by atoms with van der Waals surface area (Å²) in [7, 11) is 0. The molecule has 1 aromatic heterocycles. The van der Waals surface area contributed by atoms with E-state index in [1.807, 2.05) is 35.0 Å². The van der Waals surface area contributed by atoms with Crippen LogP contribution in [0.3, 0.4) is 0 Å². The second kappa shape index (κ2) is 8.33. The Labute approximate surface area is 136 Å². The van der Waals surface area contributed by atoms with Gasteiger partial charge in [-0.05, 0) is 30.0 Å². The van der Waals surface area contributed by atoms with E-state index in [0.717, 1.165) is 17.7 Å². The Bertz CT molecular complexity index is 594. The number of amides is 2. The third-order valence-electron chi connectivity index (χ3n) is 3.50. The minimum atomic E-state index is -0.261. The highest BCUT2D eigenvalue weighted by molar-refractivity contribution is 5.74. The fourth-order valence-electron chi connectivity index (χ4n) is 2.36. The standard InChI is InChI=1S/C17H24N4O2/c1-13(2)9-15(11-22)20-17(23)19-10-14-3-5-16(6-4-14)21-8-7-18-12-21/h3-8,12-13,15,22H,9-11H2,1-2H3,(H2,19,20,23). The largest absolute Gasteiger partial charge is 0.394 e. The van der Waals surface area contributed by atoms with E-state index in [0.29, 0.717) is 12.5 Å². The van der Waals surface area contributed by atoms with Gasteiger partial charge in [0.25, 0.3) is 0 Å². The molecule has 1 heterocycles. The molecule has 1 unspecified atom stereocenters. The fraction of sp³-hybridized carbons (Fsp3) is 0.412. The zero-order chi connectivity index (χ0) is 16.7. The predicted molar refractivity (Wildman–Crippen MR) is 89.3 cm³/mol. The van der Waals surface area contributed by atoms with Gasteiger partial charge in [0, 0.05) is 24.6 Å². The third kappa shape index (κ3) is 5.41. The van der Waals surface area contributed by atoms with Crippen molar-refractivity contribution in [3.8, 4) is 5.69 Å². The monoisotopic (exact) mass is 316 g/mol. The number of carbonyl (C=O) groups is 1. The predicted octanol–water partition coefficient (Wildman–Crippen LogP) is 2.08. The van der Waals surface area contributed by atoms with Crippen molar-refractivity contribution in [1.82, 2.24) is 20.2 Å². The van der Waals surface area contributed by atoms with Gasteiger partial charge in [-0.2, -0.15) is 0 Å². The molecule has 6 nitrogen and oxygen atoms in total. The summed E-state index contributed by atoms with van der Waals surface area (Å²) in [5, 5.41) is 14.9. The summed E-state index contributed by atoms with van der Waals surface area (Å²) >= 11 is 0. The molecule has 0 radical (unpaired) electrons. The molecule has 124 valence electrons. The molecular weight excluding hydrogens is 292 g/mol. The van der Waals surface area contributed by atoms with Crippen LogP contribution in [0.25, 0.3) is 5.69 Å². The number of nitrogens with one attached hydrogen (secondary N) is 2. The van der Waals surface area contributed by atoms with Crippen LogP contribution < -0.4 is 10.6 Å². The zero-order valence-corrected chi connectivity index (χ0v) is 13.6. The van der Waals surface area contributed by atoms with Crippen LogP contribution in [0, 0.1) is 5.92 Å². The minimum absolute atomic E-state index is 0.0504. The lowest BCUT2D eigenvalue weighted by Gasteiger charge is -2.18. The Morgan fingerprint density at radius 1 is 1.30 bits per heavy atom. The Morgan fingerprint density at radius 3 is 2.61 bits per heavy atom. The number of hydrogen-bond acceptors (Lipinski definition) is 3. The molecule has 2 rings (SSSR count). The molecule has 3 N–H and O–H groups in total. The van der Waals surface area contributed by atoms with Crippen LogP contribution >= 0.6 is 0 Å². The van der Waals surface area contributed by atoms with Crippen molar-refractivity contribution in [2.45, 2.75) is 32.9 Å². The highest BCUT2D eigenvalue weighted by Gasteiger charge is 2.12. The van der Waals surface area contributed by atoms with Gasteiger partial charge < -0.3 is 20.3 Å². The van der Waals surface area contributed by atoms with Crippen LogP contribution in [0.5, 0.6) is 0 Å². The minimum Gasteiger partial charge on any atom is -0.394 e. The van der Waals surface area contributed by atoms with Gasteiger partial charge in [-0.25, -0.2) is 9.78 Å². The molecule has 2 aromatic rings. The van der Waals surface area contributed by atoms with E-state index < -0.39 is 0 Å². The molecule has 0 spiro atoms. The summed E-state index contributed by atoms with van der Waals surface area (Å²) < 4.78 is 1.92. The van der Waals surface area contributed by atoms with Gasteiger partial charge in [0.15, 0.2) is 0 Å². The molecule has 6 heteroatoms. The van der Waals surface area contributed by atoms with Crippen LogP contribution in [0.2, 0.25) is 0 Å². The van der Waals surface area contributed by atoms with Crippen molar-refractivity contribution in [2.24, 2.45) is 5.92 Å². The van der Waals surface area contributed by atoms with Crippen molar-refractivity contribution >= 4 is 6.03 Å². The second-order valence-corrected chi connectivity index (χ2v) is 5.97. The highest BCUT2D eigenvalue weighted by Crippen LogP contribution is 2.09. The second-order valence-electron chi connectivity index (χ2n) is 5.97. The van der Waals surface area contributed by atoms with E-state index in [1.165, 1.54) is 0 Å².